The Hall–Kier alpha value is -2.63. The zero-order valence-electron chi connectivity index (χ0n) is 46.8. The van der Waals surface area contributed by atoms with Gasteiger partial charge >= 0.3 is 17.9 Å². The molecule has 408 valence electrons. The minimum Gasteiger partial charge on any atom is -0.462 e. The Morgan fingerprint density at radius 1 is 0.300 bits per heavy atom. The molecule has 70 heavy (non-hydrogen) atoms. The van der Waals surface area contributed by atoms with Crippen molar-refractivity contribution in [1.29, 1.82) is 0 Å². The largest absolute Gasteiger partial charge is 0.462 e. The highest BCUT2D eigenvalue weighted by Gasteiger charge is 2.19. The van der Waals surface area contributed by atoms with Crippen LogP contribution in [0.1, 0.15) is 323 Å². The average molecular weight is 982 g/mol. The number of esters is 3. The molecule has 0 bridgehead atoms. The molecular weight excluding hydrogens is 865 g/mol. The molecule has 0 spiro atoms. The van der Waals surface area contributed by atoms with Crippen molar-refractivity contribution in [3.63, 3.8) is 0 Å². The van der Waals surface area contributed by atoms with Gasteiger partial charge in [-0.1, -0.05) is 294 Å². The highest BCUT2D eigenvalue weighted by molar-refractivity contribution is 5.71. The third kappa shape index (κ3) is 56.3. The summed E-state index contributed by atoms with van der Waals surface area (Å²) in [6, 6.07) is 0. The lowest BCUT2D eigenvalue weighted by Gasteiger charge is -2.18. The quantitative estimate of drug-likeness (QED) is 0.0261. The summed E-state index contributed by atoms with van der Waals surface area (Å²) in [5.74, 6) is -0.851. The van der Waals surface area contributed by atoms with Crippen LogP contribution in [0.15, 0.2) is 48.6 Å². The second-order valence-electron chi connectivity index (χ2n) is 20.6. The van der Waals surface area contributed by atoms with Gasteiger partial charge in [-0.05, 0) is 57.8 Å². The summed E-state index contributed by atoms with van der Waals surface area (Å²) in [6.07, 6.45) is 72.7. The van der Waals surface area contributed by atoms with Crippen molar-refractivity contribution in [3.05, 3.63) is 48.6 Å². The monoisotopic (exact) mass is 981 g/mol. The highest BCUT2D eigenvalue weighted by atomic mass is 16.6. The van der Waals surface area contributed by atoms with Crippen molar-refractivity contribution in [2.75, 3.05) is 13.2 Å². The maximum Gasteiger partial charge on any atom is 0.306 e. The summed E-state index contributed by atoms with van der Waals surface area (Å²) in [4.78, 5) is 38.1. The van der Waals surface area contributed by atoms with E-state index in [0.29, 0.717) is 19.3 Å². The number of carbonyl (C=O) groups is 3. The Morgan fingerprint density at radius 3 is 0.871 bits per heavy atom. The topological polar surface area (TPSA) is 78.9 Å². The van der Waals surface area contributed by atoms with E-state index in [9.17, 15) is 14.4 Å². The van der Waals surface area contributed by atoms with Crippen LogP contribution in [-0.2, 0) is 28.6 Å². The third-order valence-corrected chi connectivity index (χ3v) is 13.6. The average Bonchev–Trinajstić information content (AvgIpc) is 3.36. The van der Waals surface area contributed by atoms with Crippen LogP contribution in [-0.4, -0.2) is 37.2 Å². The standard InChI is InChI=1S/C64H116O6/c1-4-7-10-13-16-19-21-23-25-26-27-28-29-30-31-32-33-34-35-36-37-38-39-41-42-45-48-51-54-57-63(66)69-60-61(59-68-62(65)56-53-50-47-44-18-15-12-9-6-3)70-64(67)58-55-52-49-46-43-40-24-22-20-17-14-11-8-5-2/h7,10,16,19,23,25,27-28,61H,4-6,8-9,11-15,17-18,20-22,24,26,29-60H2,1-3H3/b10-7-,19-16-,25-23-,28-27-. The lowest BCUT2D eigenvalue weighted by Crippen LogP contribution is -2.30. The molecule has 6 nitrogen and oxygen atoms in total. The van der Waals surface area contributed by atoms with E-state index in [0.717, 1.165) is 83.5 Å². The third-order valence-electron chi connectivity index (χ3n) is 13.6. The molecule has 0 aromatic rings. The van der Waals surface area contributed by atoms with E-state index in [-0.39, 0.29) is 31.1 Å². The van der Waals surface area contributed by atoms with Crippen LogP contribution < -0.4 is 0 Å². The molecule has 0 aromatic carbocycles. The van der Waals surface area contributed by atoms with E-state index in [2.05, 4.69) is 69.4 Å². The molecule has 1 unspecified atom stereocenters. The first-order valence-corrected chi connectivity index (χ1v) is 30.6. The SMILES string of the molecule is CC/C=C\C/C=C\C/C=C\C/C=C\CCCCCCCCCCCCCCCCCCC(=O)OCC(COC(=O)CCCCCCCCCCC)OC(=O)CCCCCCCCCCCCCCCC. The summed E-state index contributed by atoms with van der Waals surface area (Å²) in [7, 11) is 0. The molecule has 0 aliphatic carbocycles. The van der Waals surface area contributed by atoms with Gasteiger partial charge in [0.15, 0.2) is 6.10 Å². The number of unbranched alkanes of at least 4 members (excludes halogenated alkanes) is 37. The van der Waals surface area contributed by atoms with Crippen LogP contribution in [0.25, 0.3) is 0 Å². The number of allylic oxidation sites excluding steroid dienone is 8. The van der Waals surface area contributed by atoms with Gasteiger partial charge in [0.2, 0.25) is 0 Å². The van der Waals surface area contributed by atoms with Crippen molar-refractivity contribution >= 4 is 17.9 Å². The number of rotatable bonds is 56. The fraction of sp³-hybridized carbons (Fsp3) is 0.828. The molecule has 0 N–H and O–H groups in total. The minimum absolute atomic E-state index is 0.0668. The van der Waals surface area contributed by atoms with Crippen molar-refractivity contribution in [1.82, 2.24) is 0 Å². The number of ether oxygens (including phenoxy) is 3. The molecule has 0 aromatic heterocycles. The number of hydrogen-bond donors (Lipinski definition) is 0. The molecule has 0 saturated heterocycles. The second kappa shape index (κ2) is 58.9. The summed E-state index contributed by atoms with van der Waals surface area (Å²) in [5.41, 5.74) is 0. The van der Waals surface area contributed by atoms with Crippen LogP contribution in [0.2, 0.25) is 0 Å². The number of carbonyl (C=O) groups excluding carboxylic acids is 3. The lowest BCUT2D eigenvalue weighted by molar-refractivity contribution is -0.167. The summed E-state index contributed by atoms with van der Waals surface area (Å²) in [5, 5.41) is 0. The van der Waals surface area contributed by atoms with Crippen molar-refractivity contribution in [3.8, 4) is 0 Å². The Bertz CT molecular complexity index is 1220. The molecule has 0 amide bonds. The lowest BCUT2D eigenvalue weighted by atomic mass is 10.0. The predicted octanol–water partition coefficient (Wildman–Crippen LogP) is 20.6. The maximum atomic E-state index is 12.8. The van der Waals surface area contributed by atoms with E-state index < -0.39 is 6.10 Å². The van der Waals surface area contributed by atoms with E-state index in [1.165, 1.54) is 199 Å². The molecule has 1 atom stereocenters. The summed E-state index contributed by atoms with van der Waals surface area (Å²) in [6.45, 7) is 6.55. The van der Waals surface area contributed by atoms with E-state index in [1.807, 2.05) is 0 Å². The highest BCUT2D eigenvalue weighted by Crippen LogP contribution is 2.17. The fourth-order valence-electron chi connectivity index (χ4n) is 9.02. The summed E-state index contributed by atoms with van der Waals surface area (Å²) < 4.78 is 16.9. The first-order chi connectivity index (χ1) is 34.5. The molecule has 0 aliphatic heterocycles. The zero-order chi connectivity index (χ0) is 50.7. The van der Waals surface area contributed by atoms with Gasteiger partial charge in [0.05, 0.1) is 0 Å². The van der Waals surface area contributed by atoms with E-state index >= 15 is 0 Å². The molecule has 6 heteroatoms. The normalized spacial score (nSPS) is 12.3. The number of hydrogen-bond acceptors (Lipinski definition) is 6. The van der Waals surface area contributed by atoms with Gasteiger partial charge in [-0.15, -0.1) is 0 Å². The van der Waals surface area contributed by atoms with Crippen molar-refractivity contribution in [2.45, 2.75) is 329 Å². The van der Waals surface area contributed by atoms with Crippen LogP contribution in [0.3, 0.4) is 0 Å². The van der Waals surface area contributed by atoms with Crippen LogP contribution in [0, 0.1) is 0 Å². The minimum atomic E-state index is -0.766. The molecule has 0 rings (SSSR count). The molecule has 0 aliphatic rings. The Kier molecular flexibility index (Phi) is 56.7. The van der Waals surface area contributed by atoms with Crippen LogP contribution in [0.4, 0.5) is 0 Å². The Balaban J connectivity index is 4.08. The smallest absolute Gasteiger partial charge is 0.306 e. The fourth-order valence-corrected chi connectivity index (χ4v) is 9.02. The summed E-state index contributed by atoms with van der Waals surface area (Å²) >= 11 is 0. The van der Waals surface area contributed by atoms with Crippen molar-refractivity contribution < 1.29 is 28.6 Å². The maximum absolute atomic E-state index is 12.8. The second-order valence-corrected chi connectivity index (χ2v) is 20.6. The van der Waals surface area contributed by atoms with Crippen LogP contribution in [0.5, 0.6) is 0 Å². The zero-order valence-corrected chi connectivity index (χ0v) is 46.8. The van der Waals surface area contributed by atoms with Gasteiger partial charge in [-0.25, -0.2) is 0 Å². The molecule has 0 heterocycles. The van der Waals surface area contributed by atoms with E-state index in [4.69, 9.17) is 14.2 Å². The van der Waals surface area contributed by atoms with E-state index in [1.54, 1.807) is 0 Å². The van der Waals surface area contributed by atoms with Gasteiger partial charge < -0.3 is 14.2 Å². The van der Waals surface area contributed by atoms with Crippen molar-refractivity contribution in [2.24, 2.45) is 0 Å². The molecular formula is C64H116O6. The Morgan fingerprint density at radius 2 is 0.557 bits per heavy atom. The molecule has 0 fully saturated rings. The first kappa shape index (κ1) is 67.4. The predicted molar refractivity (Wildman–Crippen MR) is 302 cm³/mol. The molecule has 0 saturated carbocycles. The van der Waals surface area contributed by atoms with Gasteiger partial charge in [0.1, 0.15) is 13.2 Å². The Labute approximate surface area is 435 Å². The molecule has 0 radical (unpaired) electrons. The van der Waals surface area contributed by atoms with Gasteiger partial charge in [-0.3, -0.25) is 14.4 Å². The first-order valence-electron chi connectivity index (χ1n) is 30.6. The van der Waals surface area contributed by atoms with Gasteiger partial charge in [-0.2, -0.15) is 0 Å². The van der Waals surface area contributed by atoms with Crippen LogP contribution >= 0.6 is 0 Å². The van der Waals surface area contributed by atoms with Gasteiger partial charge in [0.25, 0.3) is 0 Å². The van der Waals surface area contributed by atoms with Gasteiger partial charge in [0, 0.05) is 19.3 Å².